The summed E-state index contributed by atoms with van der Waals surface area (Å²) >= 11 is 5.86. The van der Waals surface area contributed by atoms with Gasteiger partial charge in [-0.25, -0.2) is 0 Å². The van der Waals surface area contributed by atoms with Crippen molar-refractivity contribution in [3.05, 3.63) is 59.1 Å². The van der Waals surface area contributed by atoms with Crippen molar-refractivity contribution in [2.45, 2.75) is 19.8 Å². The van der Waals surface area contributed by atoms with Crippen LogP contribution in [0.2, 0.25) is 5.02 Å². The molecular formula is C16H15ClO. The van der Waals surface area contributed by atoms with Gasteiger partial charge in [-0.05, 0) is 29.7 Å². The maximum Gasteiger partial charge on any atom is 0.162 e. The van der Waals surface area contributed by atoms with Gasteiger partial charge in [-0.3, -0.25) is 4.79 Å². The molecule has 0 amide bonds. The molecule has 2 rings (SSSR count). The first-order valence-corrected chi connectivity index (χ1v) is 6.47. The van der Waals surface area contributed by atoms with Gasteiger partial charge in [0.15, 0.2) is 5.78 Å². The number of hydrogen-bond acceptors (Lipinski definition) is 1. The molecule has 0 aliphatic carbocycles. The summed E-state index contributed by atoms with van der Waals surface area (Å²) in [6.07, 6.45) is 1.50. The fourth-order valence-corrected chi connectivity index (χ4v) is 1.99. The number of halogens is 1. The van der Waals surface area contributed by atoms with E-state index < -0.39 is 0 Å². The van der Waals surface area contributed by atoms with Crippen LogP contribution in [-0.2, 0) is 0 Å². The van der Waals surface area contributed by atoms with Crippen molar-refractivity contribution < 1.29 is 4.79 Å². The zero-order chi connectivity index (χ0) is 13.0. The topological polar surface area (TPSA) is 17.1 Å². The van der Waals surface area contributed by atoms with E-state index in [4.69, 9.17) is 11.6 Å². The van der Waals surface area contributed by atoms with Crippen LogP contribution in [-0.4, -0.2) is 5.78 Å². The lowest BCUT2D eigenvalue weighted by atomic mass is 10.0. The second-order valence-corrected chi connectivity index (χ2v) is 4.69. The van der Waals surface area contributed by atoms with E-state index in [9.17, 15) is 4.79 Å². The van der Waals surface area contributed by atoms with Crippen LogP contribution in [0.5, 0.6) is 0 Å². The lowest BCUT2D eigenvalue weighted by Gasteiger charge is -2.04. The van der Waals surface area contributed by atoms with E-state index in [1.165, 1.54) is 0 Å². The number of benzene rings is 2. The summed E-state index contributed by atoms with van der Waals surface area (Å²) in [4.78, 5) is 11.7. The van der Waals surface area contributed by atoms with E-state index in [1.54, 1.807) is 0 Å². The molecule has 0 aliphatic rings. The minimum atomic E-state index is 0.208. The maximum absolute atomic E-state index is 11.7. The number of hydrogen-bond donors (Lipinski definition) is 0. The summed E-state index contributed by atoms with van der Waals surface area (Å²) in [7, 11) is 0. The molecule has 0 aromatic heterocycles. The third kappa shape index (κ3) is 2.99. The van der Waals surface area contributed by atoms with Gasteiger partial charge in [-0.2, -0.15) is 0 Å². The highest BCUT2D eigenvalue weighted by Gasteiger charge is 2.04. The molecule has 0 atom stereocenters. The Morgan fingerprint density at radius 2 is 1.44 bits per heavy atom. The largest absolute Gasteiger partial charge is 0.294 e. The quantitative estimate of drug-likeness (QED) is 0.706. The van der Waals surface area contributed by atoms with Crippen molar-refractivity contribution in [1.29, 1.82) is 0 Å². The molecule has 0 saturated heterocycles. The first kappa shape index (κ1) is 12.8. The van der Waals surface area contributed by atoms with Gasteiger partial charge in [0.25, 0.3) is 0 Å². The standard InChI is InChI=1S/C16H15ClO/c1-2-3-16(18)14-6-4-12(5-7-14)13-8-10-15(17)11-9-13/h4-11H,2-3H2,1H3. The minimum absolute atomic E-state index is 0.208. The summed E-state index contributed by atoms with van der Waals surface area (Å²) in [6, 6.07) is 15.4. The van der Waals surface area contributed by atoms with E-state index >= 15 is 0 Å². The SMILES string of the molecule is CCCC(=O)c1ccc(-c2ccc(Cl)cc2)cc1. The Kier molecular flexibility index (Phi) is 4.16. The summed E-state index contributed by atoms with van der Waals surface area (Å²) in [5, 5.41) is 0.730. The molecular weight excluding hydrogens is 244 g/mol. The Morgan fingerprint density at radius 1 is 0.944 bits per heavy atom. The van der Waals surface area contributed by atoms with Crippen molar-refractivity contribution >= 4 is 17.4 Å². The van der Waals surface area contributed by atoms with Gasteiger partial charge in [0.05, 0.1) is 0 Å². The summed E-state index contributed by atoms with van der Waals surface area (Å²) in [6.45, 7) is 2.01. The molecule has 1 nitrogen and oxygen atoms in total. The minimum Gasteiger partial charge on any atom is -0.294 e. The van der Waals surface area contributed by atoms with Gasteiger partial charge in [0.1, 0.15) is 0 Å². The van der Waals surface area contributed by atoms with E-state index in [-0.39, 0.29) is 5.78 Å². The van der Waals surface area contributed by atoms with E-state index in [1.807, 2.05) is 55.5 Å². The lowest BCUT2D eigenvalue weighted by molar-refractivity contribution is 0.0982. The number of rotatable bonds is 4. The molecule has 0 bridgehead atoms. The molecule has 2 aromatic rings. The van der Waals surface area contributed by atoms with E-state index in [0.29, 0.717) is 6.42 Å². The average Bonchev–Trinajstić information content (AvgIpc) is 2.40. The molecule has 92 valence electrons. The van der Waals surface area contributed by atoms with Crippen molar-refractivity contribution in [1.82, 2.24) is 0 Å². The second kappa shape index (κ2) is 5.83. The van der Waals surface area contributed by atoms with Gasteiger partial charge in [0.2, 0.25) is 0 Å². The van der Waals surface area contributed by atoms with Crippen molar-refractivity contribution in [2.24, 2.45) is 0 Å². The Hall–Kier alpha value is -1.60. The molecule has 0 unspecified atom stereocenters. The Labute approximate surface area is 112 Å². The molecule has 0 fully saturated rings. The summed E-state index contributed by atoms with van der Waals surface area (Å²) < 4.78 is 0. The molecule has 0 radical (unpaired) electrons. The smallest absolute Gasteiger partial charge is 0.162 e. The number of Topliss-reactive ketones (excluding diaryl/α,β-unsaturated/α-hetero) is 1. The van der Waals surface area contributed by atoms with Crippen molar-refractivity contribution in [3.63, 3.8) is 0 Å². The van der Waals surface area contributed by atoms with E-state index in [0.717, 1.165) is 28.1 Å². The number of ketones is 1. The fraction of sp³-hybridized carbons (Fsp3) is 0.188. The average molecular weight is 259 g/mol. The fourth-order valence-electron chi connectivity index (χ4n) is 1.86. The predicted molar refractivity (Wildman–Crippen MR) is 76.1 cm³/mol. The van der Waals surface area contributed by atoms with Crippen LogP contribution < -0.4 is 0 Å². The zero-order valence-electron chi connectivity index (χ0n) is 10.3. The van der Waals surface area contributed by atoms with Gasteiger partial charge in [0, 0.05) is 17.0 Å². The molecule has 0 spiro atoms. The molecule has 2 aromatic carbocycles. The highest BCUT2D eigenvalue weighted by Crippen LogP contribution is 2.22. The maximum atomic E-state index is 11.7. The van der Waals surface area contributed by atoms with Crippen molar-refractivity contribution in [3.8, 4) is 11.1 Å². The van der Waals surface area contributed by atoms with Crippen LogP contribution in [0.4, 0.5) is 0 Å². The molecule has 18 heavy (non-hydrogen) atoms. The zero-order valence-corrected chi connectivity index (χ0v) is 11.1. The highest BCUT2D eigenvalue weighted by molar-refractivity contribution is 6.30. The molecule has 0 saturated carbocycles. The molecule has 2 heteroatoms. The van der Waals surface area contributed by atoms with Crippen LogP contribution in [0, 0.1) is 0 Å². The monoisotopic (exact) mass is 258 g/mol. The van der Waals surface area contributed by atoms with Crippen LogP contribution >= 0.6 is 11.6 Å². The van der Waals surface area contributed by atoms with Crippen LogP contribution in [0.3, 0.4) is 0 Å². The Morgan fingerprint density at radius 3 is 1.94 bits per heavy atom. The lowest BCUT2D eigenvalue weighted by Crippen LogP contribution is -1.97. The first-order valence-electron chi connectivity index (χ1n) is 6.10. The third-order valence-electron chi connectivity index (χ3n) is 2.86. The second-order valence-electron chi connectivity index (χ2n) is 4.26. The Balaban J connectivity index is 2.22. The normalized spacial score (nSPS) is 10.3. The van der Waals surface area contributed by atoms with Crippen molar-refractivity contribution in [2.75, 3.05) is 0 Å². The highest BCUT2D eigenvalue weighted by atomic mass is 35.5. The van der Waals surface area contributed by atoms with Gasteiger partial charge < -0.3 is 0 Å². The summed E-state index contributed by atoms with van der Waals surface area (Å²) in [5.74, 6) is 0.208. The molecule has 0 aliphatic heterocycles. The third-order valence-corrected chi connectivity index (χ3v) is 3.11. The van der Waals surface area contributed by atoms with Crippen LogP contribution in [0.25, 0.3) is 11.1 Å². The Bertz CT molecular complexity index is 526. The first-order chi connectivity index (χ1) is 8.70. The molecule has 0 N–H and O–H groups in total. The predicted octanol–water partition coefficient (Wildman–Crippen LogP) is 4.99. The van der Waals surface area contributed by atoms with Gasteiger partial charge >= 0.3 is 0 Å². The number of carbonyl (C=O) groups excluding carboxylic acids is 1. The van der Waals surface area contributed by atoms with Gasteiger partial charge in [-0.1, -0.05) is 54.9 Å². The molecule has 0 heterocycles. The summed E-state index contributed by atoms with van der Waals surface area (Å²) in [5.41, 5.74) is 2.99. The van der Waals surface area contributed by atoms with E-state index in [2.05, 4.69) is 0 Å². The number of carbonyl (C=O) groups is 1. The van der Waals surface area contributed by atoms with Crippen LogP contribution in [0.15, 0.2) is 48.5 Å². The van der Waals surface area contributed by atoms with Crippen LogP contribution in [0.1, 0.15) is 30.1 Å². The van der Waals surface area contributed by atoms with Gasteiger partial charge in [-0.15, -0.1) is 0 Å².